The monoisotopic (exact) mass is 417 g/mol. The van der Waals surface area contributed by atoms with Crippen molar-refractivity contribution in [1.29, 1.82) is 0 Å². The van der Waals surface area contributed by atoms with Gasteiger partial charge in [0.05, 0.1) is 6.61 Å². The van der Waals surface area contributed by atoms with Gasteiger partial charge in [0.15, 0.2) is 12.2 Å². The zero-order valence-corrected chi connectivity index (χ0v) is 15.5. The highest BCUT2D eigenvalue weighted by Crippen LogP contribution is 2.18. The summed E-state index contributed by atoms with van der Waals surface area (Å²) in [5.74, 6) is 0.193. The van der Waals surface area contributed by atoms with Crippen molar-refractivity contribution in [3.63, 3.8) is 0 Å². The first-order valence-corrected chi connectivity index (χ1v) is 7.41. The third-order valence-electron chi connectivity index (χ3n) is 3.73. The Bertz CT molecular complexity index is 746. The van der Waals surface area contributed by atoms with E-state index in [1.807, 2.05) is 0 Å². The fourth-order valence-electron chi connectivity index (χ4n) is 2.49. The Morgan fingerprint density at radius 1 is 1.42 bits per heavy atom. The first-order valence-electron chi connectivity index (χ1n) is 7.03. The number of imidazole rings is 1. The van der Waals surface area contributed by atoms with Gasteiger partial charge in [-0.2, -0.15) is 4.57 Å². The molecule has 9 heteroatoms. The van der Waals surface area contributed by atoms with Crippen LogP contribution in [0.4, 0.5) is 5.82 Å². The highest BCUT2D eigenvalue weighted by atomic mass is 79.9. The van der Waals surface area contributed by atoms with Crippen LogP contribution in [-0.2, 0) is 6.54 Å². The average molecular weight is 419 g/mol. The Hall–Kier alpha value is -1.77. The van der Waals surface area contributed by atoms with Gasteiger partial charge in [0.25, 0.3) is 5.82 Å². The maximum atomic E-state index is 12.6. The van der Waals surface area contributed by atoms with Crippen LogP contribution in [-0.4, -0.2) is 27.0 Å². The molecule has 0 radical (unpaired) electrons. The second-order valence-electron chi connectivity index (χ2n) is 5.12. The van der Waals surface area contributed by atoms with Crippen molar-refractivity contribution in [2.24, 2.45) is 0 Å². The molecule has 7 nitrogen and oxygen atoms in total. The number of carbonyl (C=O) groups excluding carboxylic acids is 1. The molecule has 0 amide bonds. The summed E-state index contributed by atoms with van der Waals surface area (Å²) in [5.41, 5.74) is 0.478. The number of hydrogen-bond acceptors (Lipinski definition) is 4. The third kappa shape index (κ3) is 4.00. The molecule has 1 aromatic carbocycles. The molecule has 0 bridgehead atoms. The number of benzene rings is 1. The topological polar surface area (TPSA) is 89.2 Å². The first-order chi connectivity index (χ1) is 10.9. The normalized spacial score (nSPS) is 11.7. The minimum Gasteiger partial charge on any atom is -1.00 e. The van der Waals surface area contributed by atoms with Gasteiger partial charge in [-0.3, -0.25) is 4.79 Å². The summed E-state index contributed by atoms with van der Waals surface area (Å²) in [5, 5.41) is 20.8. The summed E-state index contributed by atoms with van der Waals surface area (Å²) in [4.78, 5) is 23.2. The molecule has 0 saturated heterocycles. The molecule has 0 fully saturated rings. The number of halogens is 2. The summed E-state index contributed by atoms with van der Waals surface area (Å²) >= 11 is 5.81. The molecule has 1 atom stereocenters. The van der Waals surface area contributed by atoms with E-state index in [-0.39, 0.29) is 41.7 Å². The molecule has 1 unspecified atom stereocenters. The first kappa shape index (κ1) is 20.3. The van der Waals surface area contributed by atoms with Gasteiger partial charge in [-0.15, -0.1) is 0 Å². The zero-order chi connectivity index (χ0) is 17.1. The lowest BCUT2D eigenvalue weighted by molar-refractivity contribution is -0.711. The van der Waals surface area contributed by atoms with Gasteiger partial charge in [-0.05, 0) is 36.1 Å². The van der Waals surface area contributed by atoms with E-state index in [1.54, 1.807) is 42.7 Å². The van der Waals surface area contributed by atoms with Crippen molar-refractivity contribution >= 4 is 23.2 Å². The Balaban J connectivity index is 0.00000288. The number of aliphatic hydroxyl groups excluding tert-OH is 1. The fourth-order valence-corrected chi connectivity index (χ4v) is 2.61. The van der Waals surface area contributed by atoms with Crippen molar-refractivity contribution in [1.82, 2.24) is 4.57 Å². The molecule has 1 aromatic heterocycles. The van der Waals surface area contributed by atoms with E-state index in [0.717, 1.165) is 0 Å². The van der Waals surface area contributed by atoms with Crippen molar-refractivity contribution in [3.05, 3.63) is 57.0 Å². The fraction of sp³-hybridized carbons (Fsp3) is 0.333. The summed E-state index contributed by atoms with van der Waals surface area (Å²) in [6.07, 6.45) is 1.32. The van der Waals surface area contributed by atoms with Gasteiger partial charge < -0.3 is 32.2 Å². The van der Waals surface area contributed by atoms with E-state index >= 15 is 0 Å². The molecule has 0 saturated carbocycles. The van der Waals surface area contributed by atoms with E-state index < -0.39 is 11.0 Å². The lowest BCUT2D eigenvalue weighted by atomic mass is 10.1. The molecule has 2 aromatic rings. The van der Waals surface area contributed by atoms with Crippen LogP contribution in [0.3, 0.4) is 0 Å². The van der Waals surface area contributed by atoms with E-state index in [4.69, 9.17) is 16.7 Å². The molecule has 1 heterocycles. The number of hydrogen-bond donors (Lipinski definition) is 1. The summed E-state index contributed by atoms with van der Waals surface area (Å²) in [6, 6.07) is 5.87. The highest BCUT2D eigenvalue weighted by Gasteiger charge is 2.30. The molecular formula is C15H17BrClN3O4. The molecule has 1 N–H and O–H groups in total. The van der Waals surface area contributed by atoms with Gasteiger partial charge in [0.1, 0.15) is 6.54 Å². The molecule has 0 spiro atoms. The number of rotatable bonds is 6. The van der Waals surface area contributed by atoms with E-state index in [1.165, 1.54) is 10.8 Å². The molecule has 24 heavy (non-hydrogen) atoms. The molecular weight excluding hydrogens is 402 g/mol. The second-order valence-corrected chi connectivity index (χ2v) is 5.56. The zero-order valence-electron chi connectivity index (χ0n) is 13.1. The van der Waals surface area contributed by atoms with Crippen LogP contribution in [0.25, 0.3) is 0 Å². The minimum atomic E-state index is -0.616. The van der Waals surface area contributed by atoms with Crippen LogP contribution in [0.1, 0.15) is 29.1 Å². The predicted octanol–water partition coefficient (Wildman–Crippen LogP) is -0.914. The molecule has 0 aliphatic rings. The lowest BCUT2D eigenvalue weighted by Crippen LogP contribution is -3.00. The molecule has 2 rings (SSSR count). The lowest BCUT2D eigenvalue weighted by Gasteiger charge is -2.09. The van der Waals surface area contributed by atoms with Crippen LogP contribution in [0.5, 0.6) is 0 Å². The number of aromatic nitrogens is 2. The van der Waals surface area contributed by atoms with Crippen LogP contribution in [0.15, 0.2) is 30.5 Å². The maximum Gasteiger partial charge on any atom is 0.365 e. The highest BCUT2D eigenvalue weighted by molar-refractivity contribution is 6.30. The predicted molar refractivity (Wildman–Crippen MR) is 83.6 cm³/mol. The Morgan fingerprint density at radius 2 is 2.00 bits per heavy atom. The van der Waals surface area contributed by atoms with Crippen LogP contribution in [0.2, 0.25) is 5.02 Å². The quantitative estimate of drug-likeness (QED) is 0.285. The standard InChI is InChI=1S/C15H17ClN3O4.BrH/c1-10(15(21)12-3-5-13(16)6-4-12)18-9-14(19(22)23)17(7-8-20)11(18)2;/h3-6,9-10,20H,7-8H2,1-2H3;1H/q+1;/p-1. The SMILES string of the molecule is Cc1n(CCO)c([N+](=O)[O-])c[n+]1C(C)C(=O)c1ccc(Cl)cc1.[Br-]. The van der Waals surface area contributed by atoms with Crippen molar-refractivity contribution in [2.75, 3.05) is 6.61 Å². The number of aliphatic hydroxyl groups is 1. The Labute approximate surface area is 154 Å². The van der Waals surface area contributed by atoms with E-state index in [2.05, 4.69) is 0 Å². The summed E-state index contributed by atoms with van der Waals surface area (Å²) in [6.45, 7) is 3.22. The largest absolute Gasteiger partial charge is 1.00 e. The third-order valence-corrected chi connectivity index (χ3v) is 3.98. The number of Topliss-reactive ketones (excluding diaryl/α,β-unsaturated/α-hetero) is 1. The number of nitrogens with zero attached hydrogens (tertiary/aromatic N) is 3. The van der Waals surface area contributed by atoms with Crippen molar-refractivity contribution < 1.29 is 36.4 Å². The molecule has 130 valence electrons. The number of nitro groups is 1. The Morgan fingerprint density at radius 3 is 2.50 bits per heavy atom. The van der Waals surface area contributed by atoms with Gasteiger partial charge >= 0.3 is 5.82 Å². The molecule has 0 aliphatic heterocycles. The van der Waals surface area contributed by atoms with Crippen molar-refractivity contribution in [3.8, 4) is 0 Å². The van der Waals surface area contributed by atoms with Gasteiger partial charge in [0.2, 0.25) is 5.78 Å². The number of ketones is 1. The summed E-state index contributed by atoms with van der Waals surface area (Å²) < 4.78 is 2.93. The van der Waals surface area contributed by atoms with Crippen LogP contribution < -0.4 is 21.5 Å². The number of carbonyl (C=O) groups is 1. The van der Waals surface area contributed by atoms with Crippen LogP contribution >= 0.6 is 11.6 Å². The van der Waals surface area contributed by atoms with E-state index in [9.17, 15) is 14.9 Å². The summed E-state index contributed by atoms with van der Waals surface area (Å²) in [7, 11) is 0. The second kappa shape index (κ2) is 8.36. The maximum absolute atomic E-state index is 12.6. The van der Waals surface area contributed by atoms with Gasteiger partial charge in [-0.1, -0.05) is 11.6 Å². The average Bonchev–Trinajstić information content (AvgIpc) is 2.84. The van der Waals surface area contributed by atoms with E-state index in [0.29, 0.717) is 16.4 Å². The smallest absolute Gasteiger partial charge is 0.365 e. The van der Waals surface area contributed by atoms with Crippen LogP contribution in [0, 0.1) is 17.0 Å². The molecule has 0 aliphatic carbocycles. The van der Waals surface area contributed by atoms with Gasteiger partial charge in [0, 0.05) is 17.5 Å². The van der Waals surface area contributed by atoms with Crippen molar-refractivity contribution in [2.45, 2.75) is 26.4 Å². The van der Waals surface area contributed by atoms with Gasteiger partial charge in [-0.25, -0.2) is 4.57 Å². The minimum absolute atomic E-state index is 0. The Kier molecular flexibility index (Phi) is 7.07.